The van der Waals surface area contributed by atoms with Crippen LogP contribution in [0.25, 0.3) is 0 Å². The minimum Gasteiger partial charge on any atom is -0.356 e. The van der Waals surface area contributed by atoms with E-state index in [1.807, 2.05) is 0 Å². The SMILES string of the molecule is CC(C)c1c(Cl)ncnc1N1CCC(c2ccccc2)C1. The number of nitrogens with zero attached hydrogens (tertiary/aromatic N) is 3. The summed E-state index contributed by atoms with van der Waals surface area (Å²) in [6, 6.07) is 10.7. The third-order valence-electron chi connectivity index (χ3n) is 4.15. The molecular formula is C17H20ClN3. The van der Waals surface area contributed by atoms with Gasteiger partial charge in [0.1, 0.15) is 17.3 Å². The van der Waals surface area contributed by atoms with Gasteiger partial charge in [-0.2, -0.15) is 0 Å². The first-order valence-corrected chi connectivity index (χ1v) is 7.85. The van der Waals surface area contributed by atoms with Gasteiger partial charge in [-0.25, -0.2) is 9.97 Å². The molecule has 0 amide bonds. The van der Waals surface area contributed by atoms with Crippen LogP contribution >= 0.6 is 11.6 Å². The van der Waals surface area contributed by atoms with E-state index < -0.39 is 0 Å². The van der Waals surface area contributed by atoms with Crippen LogP contribution < -0.4 is 4.90 Å². The molecule has 3 nitrogen and oxygen atoms in total. The molecule has 4 heteroatoms. The average Bonchev–Trinajstić information content (AvgIpc) is 2.97. The van der Waals surface area contributed by atoms with Crippen LogP contribution in [0.1, 0.15) is 43.2 Å². The number of hydrogen-bond acceptors (Lipinski definition) is 3. The second-order valence-corrected chi connectivity index (χ2v) is 6.26. The van der Waals surface area contributed by atoms with E-state index in [-0.39, 0.29) is 0 Å². The number of halogens is 1. The van der Waals surface area contributed by atoms with Gasteiger partial charge < -0.3 is 4.90 Å². The third kappa shape index (κ3) is 2.88. The third-order valence-corrected chi connectivity index (χ3v) is 4.45. The highest BCUT2D eigenvalue weighted by Gasteiger charge is 2.27. The standard InChI is InChI=1S/C17H20ClN3/c1-12(2)15-16(18)19-11-20-17(15)21-9-8-14(10-21)13-6-4-3-5-7-13/h3-7,11-12,14H,8-10H2,1-2H3. The lowest BCUT2D eigenvalue weighted by molar-refractivity contribution is 0.770. The highest BCUT2D eigenvalue weighted by molar-refractivity contribution is 6.30. The van der Waals surface area contributed by atoms with Gasteiger partial charge in [-0.3, -0.25) is 0 Å². The summed E-state index contributed by atoms with van der Waals surface area (Å²) in [6.07, 6.45) is 2.72. The number of aromatic nitrogens is 2. The van der Waals surface area contributed by atoms with Gasteiger partial charge >= 0.3 is 0 Å². The van der Waals surface area contributed by atoms with Crippen LogP contribution in [-0.4, -0.2) is 23.1 Å². The first kappa shape index (κ1) is 14.3. The molecular weight excluding hydrogens is 282 g/mol. The molecule has 2 aromatic rings. The highest BCUT2D eigenvalue weighted by Crippen LogP contribution is 2.35. The zero-order valence-electron chi connectivity index (χ0n) is 12.5. The Morgan fingerprint density at radius 1 is 1.19 bits per heavy atom. The molecule has 0 aliphatic carbocycles. The maximum Gasteiger partial charge on any atom is 0.138 e. The van der Waals surface area contributed by atoms with Gasteiger partial charge in [-0.05, 0) is 17.9 Å². The van der Waals surface area contributed by atoms with Crippen LogP contribution in [0, 0.1) is 0 Å². The summed E-state index contributed by atoms with van der Waals surface area (Å²) in [6.45, 7) is 6.29. The van der Waals surface area contributed by atoms with Crippen LogP contribution in [0.5, 0.6) is 0 Å². The predicted molar refractivity (Wildman–Crippen MR) is 87.1 cm³/mol. The van der Waals surface area contributed by atoms with Crippen molar-refractivity contribution in [2.24, 2.45) is 0 Å². The molecule has 0 saturated carbocycles. The fourth-order valence-electron chi connectivity index (χ4n) is 3.06. The van der Waals surface area contributed by atoms with Gasteiger partial charge in [0.2, 0.25) is 0 Å². The molecule has 0 spiro atoms. The molecule has 0 N–H and O–H groups in total. The first-order chi connectivity index (χ1) is 10.2. The Balaban J connectivity index is 1.86. The fraction of sp³-hybridized carbons (Fsp3) is 0.412. The van der Waals surface area contributed by atoms with Gasteiger partial charge in [-0.1, -0.05) is 55.8 Å². The van der Waals surface area contributed by atoms with Crippen molar-refractivity contribution in [2.75, 3.05) is 18.0 Å². The van der Waals surface area contributed by atoms with Gasteiger partial charge in [0.15, 0.2) is 0 Å². The summed E-state index contributed by atoms with van der Waals surface area (Å²) in [4.78, 5) is 11.0. The van der Waals surface area contributed by atoms with Crippen molar-refractivity contribution >= 4 is 17.4 Å². The molecule has 1 saturated heterocycles. The van der Waals surface area contributed by atoms with E-state index in [1.54, 1.807) is 6.33 Å². The molecule has 1 aliphatic heterocycles. The van der Waals surface area contributed by atoms with Crippen LogP contribution in [0.4, 0.5) is 5.82 Å². The van der Waals surface area contributed by atoms with Crippen molar-refractivity contribution in [2.45, 2.75) is 32.1 Å². The molecule has 3 rings (SSSR count). The predicted octanol–water partition coefficient (Wildman–Crippen LogP) is 4.25. The highest BCUT2D eigenvalue weighted by atomic mass is 35.5. The minimum absolute atomic E-state index is 0.324. The van der Waals surface area contributed by atoms with E-state index in [9.17, 15) is 0 Å². The van der Waals surface area contributed by atoms with Crippen molar-refractivity contribution in [3.8, 4) is 0 Å². The molecule has 1 aromatic heterocycles. The lowest BCUT2D eigenvalue weighted by Crippen LogP contribution is -2.22. The van der Waals surface area contributed by atoms with Gasteiger partial charge in [0.25, 0.3) is 0 Å². The Morgan fingerprint density at radius 2 is 1.95 bits per heavy atom. The van der Waals surface area contributed by atoms with Crippen LogP contribution in [0.2, 0.25) is 5.15 Å². The van der Waals surface area contributed by atoms with E-state index in [1.165, 1.54) is 5.56 Å². The van der Waals surface area contributed by atoms with E-state index >= 15 is 0 Å². The Bertz CT molecular complexity index is 613. The van der Waals surface area contributed by atoms with Crippen LogP contribution in [-0.2, 0) is 0 Å². The summed E-state index contributed by atoms with van der Waals surface area (Å²) >= 11 is 6.28. The van der Waals surface area contributed by atoms with Crippen LogP contribution in [0.3, 0.4) is 0 Å². The Kier molecular flexibility index (Phi) is 4.11. The number of rotatable bonds is 3. The Hall–Kier alpha value is -1.61. The zero-order chi connectivity index (χ0) is 14.8. The van der Waals surface area contributed by atoms with E-state index in [4.69, 9.17) is 11.6 Å². The van der Waals surface area contributed by atoms with E-state index in [2.05, 4.69) is 59.0 Å². The molecule has 110 valence electrons. The van der Waals surface area contributed by atoms with E-state index in [0.717, 1.165) is 30.9 Å². The Labute approximate surface area is 131 Å². The van der Waals surface area contributed by atoms with Crippen molar-refractivity contribution in [3.63, 3.8) is 0 Å². The topological polar surface area (TPSA) is 29.0 Å². The van der Waals surface area contributed by atoms with Crippen molar-refractivity contribution in [1.29, 1.82) is 0 Å². The maximum absolute atomic E-state index is 6.28. The van der Waals surface area contributed by atoms with Crippen molar-refractivity contribution in [1.82, 2.24) is 9.97 Å². The number of benzene rings is 1. The lowest BCUT2D eigenvalue weighted by Gasteiger charge is -2.22. The summed E-state index contributed by atoms with van der Waals surface area (Å²) in [5.41, 5.74) is 2.47. The molecule has 1 unspecified atom stereocenters. The molecule has 21 heavy (non-hydrogen) atoms. The largest absolute Gasteiger partial charge is 0.356 e. The molecule has 1 aliphatic rings. The normalized spacial score (nSPS) is 18.5. The maximum atomic E-state index is 6.28. The minimum atomic E-state index is 0.324. The van der Waals surface area contributed by atoms with Crippen LogP contribution in [0.15, 0.2) is 36.7 Å². The molecule has 0 bridgehead atoms. The van der Waals surface area contributed by atoms with Crippen molar-refractivity contribution in [3.05, 3.63) is 52.9 Å². The van der Waals surface area contributed by atoms with Crippen molar-refractivity contribution < 1.29 is 0 Å². The van der Waals surface area contributed by atoms with Gasteiger partial charge in [0, 0.05) is 24.6 Å². The second-order valence-electron chi connectivity index (χ2n) is 5.90. The summed E-state index contributed by atoms with van der Waals surface area (Å²) in [5.74, 6) is 1.90. The molecule has 0 radical (unpaired) electrons. The van der Waals surface area contributed by atoms with Gasteiger partial charge in [0.05, 0.1) is 0 Å². The molecule has 1 atom stereocenters. The van der Waals surface area contributed by atoms with E-state index in [0.29, 0.717) is 17.0 Å². The van der Waals surface area contributed by atoms with Gasteiger partial charge in [-0.15, -0.1) is 0 Å². The monoisotopic (exact) mass is 301 g/mol. The summed E-state index contributed by atoms with van der Waals surface area (Å²) < 4.78 is 0. The smallest absolute Gasteiger partial charge is 0.138 e. The molecule has 1 aromatic carbocycles. The number of anilines is 1. The zero-order valence-corrected chi connectivity index (χ0v) is 13.2. The second kappa shape index (κ2) is 6.02. The molecule has 2 heterocycles. The number of hydrogen-bond donors (Lipinski definition) is 0. The Morgan fingerprint density at radius 3 is 2.67 bits per heavy atom. The first-order valence-electron chi connectivity index (χ1n) is 7.47. The summed E-state index contributed by atoms with van der Waals surface area (Å²) in [5, 5.41) is 0.582. The quantitative estimate of drug-likeness (QED) is 0.794. The summed E-state index contributed by atoms with van der Waals surface area (Å²) in [7, 11) is 0. The lowest BCUT2D eigenvalue weighted by atomic mass is 9.99. The molecule has 1 fully saturated rings. The fourth-order valence-corrected chi connectivity index (χ4v) is 3.41. The average molecular weight is 302 g/mol.